The second-order valence-electron chi connectivity index (χ2n) is 5.68. The first-order chi connectivity index (χ1) is 9.54. The molecule has 2 fully saturated rings. The molecule has 4 rings (SSSR count). The van der Waals surface area contributed by atoms with E-state index < -0.39 is 10.0 Å². The zero-order valence-electron chi connectivity index (χ0n) is 10.7. The van der Waals surface area contributed by atoms with Gasteiger partial charge < -0.3 is 10.6 Å². The predicted molar refractivity (Wildman–Crippen MR) is 72.7 cm³/mol. The summed E-state index contributed by atoms with van der Waals surface area (Å²) in [6, 6.07) is 4.86. The van der Waals surface area contributed by atoms with Gasteiger partial charge in [0.25, 0.3) is 0 Å². The van der Waals surface area contributed by atoms with Crippen LogP contribution in [0.3, 0.4) is 0 Å². The first-order valence-corrected chi connectivity index (χ1v) is 8.19. The van der Waals surface area contributed by atoms with Crippen LogP contribution in [0, 0.1) is 11.8 Å². The van der Waals surface area contributed by atoms with Crippen molar-refractivity contribution in [3.05, 3.63) is 23.8 Å². The molecule has 1 aromatic carbocycles. The molecule has 1 aromatic rings. The molecule has 106 valence electrons. The van der Waals surface area contributed by atoms with Crippen molar-refractivity contribution in [2.75, 3.05) is 18.4 Å². The minimum Gasteiger partial charge on any atom is -0.326 e. The van der Waals surface area contributed by atoms with E-state index in [0.29, 0.717) is 17.5 Å². The van der Waals surface area contributed by atoms with Gasteiger partial charge >= 0.3 is 0 Å². The Morgan fingerprint density at radius 2 is 1.95 bits per heavy atom. The van der Waals surface area contributed by atoms with Gasteiger partial charge in [0.1, 0.15) is 0 Å². The van der Waals surface area contributed by atoms with Crippen molar-refractivity contribution in [1.82, 2.24) is 10.0 Å². The first kappa shape index (κ1) is 12.3. The Morgan fingerprint density at radius 1 is 1.20 bits per heavy atom. The summed E-state index contributed by atoms with van der Waals surface area (Å²) in [4.78, 5) is 11.5. The van der Waals surface area contributed by atoms with Crippen molar-refractivity contribution in [3.8, 4) is 0 Å². The third-order valence-electron chi connectivity index (χ3n) is 4.40. The van der Waals surface area contributed by atoms with Gasteiger partial charge in [0.15, 0.2) is 0 Å². The molecule has 0 bridgehead atoms. The van der Waals surface area contributed by atoms with E-state index in [9.17, 15) is 13.2 Å². The maximum absolute atomic E-state index is 12.4. The molecule has 1 aliphatic carbocycles. The van der Waals surface area contributed by atoms with E-state index in [0.717, 1.165) is 18.7 Å². The first-order valence-electron chi connectivity index (χ1n) is 6.70. The Labute approximate surface area is 117 Å². The highest BCUT2D eigenvalue weighted by atomic mass is 32.2. The molecule has 3 aliphatic rings. The second kappa shape index (κ2) is 4.03. The summed E-state index contributed by atoms with van der Waals surface area (Å²) in [5.41, 5.74) is 1.46. The molecule has 20 heavy (non-hydrogen) atoms. The topological polar surface area (TPSA) is 87.3 Å². The number of rotatable bonds is 3. The highest BCUT2D eigenvalue weighted by Crippen LogP contribution is 2.42. The molecular weight excluding hydrogens is 278 g/mol. The smallest absolute Gasteiger partial charge is 0.240 e. The average molecular weight is 293 g/mol. The molecule has 2 unspecified atom stereocenters. The monoisotopic (exact) mass is 293 g/mol. The number of fused-ring (bicyclic) bond motifs is 2. The Kier molecular flexibility index (Phi) is 2.48. The summed E-state index contributed by atoms with van der Waals surface area (Å²) in [7, 11) is -3.49. The van der Waals surface area contributed by atoms with Gasteiger partial charge in [0.2, 0.25) is 15.9 Å². The lowest BCUT2D eigenvalue weighted by atomic mass is 10.2. The van der Waals surface area contributed by atoms with E-state index in [1.165, 1.54) is 0 Å². The zero-order valence-corrected chi connectivity index (χ0v) is 11.5. The maximum atomic E-state index is 12.4. The molecule has 0 radical (unpaired) electrons. The quantitative estimate of drug-likeness (QED) is 0.712. The predicted octanol–water partition coefficient (Wildman–Crippen LogP) is -0.323. The molecule has 0 aromatic heterocycles. The van der Waals surface area contributed by atoms with Crippen molar-refractivity contribution >= 4 is 21.6 Å². The fraction of sp³-hybridized carbons (Fsp3) is 0.462. The molecule has 3 N–H and O–H groups in total. The minimum atomic E-state index is -3.49. The van der Waals surface area contributed by atoms with E-state index in [2.05, 4.69) is 15.4 Å². The molecule has 1 saturated carbocycles. The Hall–Kier alpha value is -1.44. The largest absolute Gasteiger partial charge is 0.326 e. The number of anilines is 1. The number of hydrogen-bond donors (Lipinski definition) is 3. The normalized spacial score (nSPS) is 30.8. The molecule has 1 amide bonds. The van der Waals surface area contributed by atoms with Crippen LogP contribution in [0.1, 0.15) is 5.56 Å². The van der Waals surface area contributed by atoms with Crippen LogP contribution in [0.5, 0.6) is 0 Å². The number of carbonyl (C=O) groups is 1. The van der Waals surface area contributed by atoms with Crippen LogP contribution >= 0.6 is 0 Å². The summed E-state index contributed by atoms with van der Waals surface area (Å²) < 4.78 is 27.5. The van der Waals surface area contributed by atoms with Crippen molar-refractivity contribution in [3.63, 3.8) is 0 Å². The van der Waals surface area contributed by atoms with Crippen molar-refractivity contribution < 1.29 is 13.2 Å². The molecule has 0 spiro atoms. The van der Waals surface area contributed by atoms with Gasteiger partial charge in [-0.15, -0.1) is 0 Å². The van der Waals surface area contributed by atoms with Gasteiger partial charge in [-0.05, 0) is 48.7 Å². The standard InChI is InChI=1S/C13H15N3O3S/c17-12-4-7-3-8(1-2-11(7)15-12)20(18,19)16-13-9-5-14-6-10(9)13/h1-3,9-10,13-14,16H,4-6H2,(H,15,17). The highest BCUT2D eigenvalue weighted by molar-refractivity contribution is 7.89. The van der Waals surface area contributed by atoms with Crippen molar-refractivity contribution in [2.24, 2.45) is 11.8 Å². The molecular formula is C13H15N3O3S. The fourth-order valence-electron chi connectivity index (χ4n) is 3.21. The molecule has 1 saturated heterocycles. The lowest BCUT2D eigenvalue weighted by Crippen LogP contribution is -2.32. The summed E-state index contributed by atoms with van der Waals surface area (Å²) in [6.45, 7) is 1.78. The van der Waals surface area contributed by atoms with Gasteiger partial charge in [-0.3, -0.25) is 4.79 Å². The molecule has 7 heteroatoms. The number of carbonyl (C=O) groups excluding carboxylic acids is 1. The fourth-order valence-corrected chi connectivity index (χ4v) is 4.60. The lowest BCUT2D eigenvalue weighted by Gasteiger charge is -2.10. The van der Waals surface area contributed by atoms with E-state index >= 15 is 0 Å². The molecule has 2 atom stereocenters. The van der Waals surface area contributed by atoms with Crippen LogP contribution in [0.2, 0.25) is 0 Å². The van der Waals surface area contributed by atoms with Crippen LogP contribution in [0.4, 0.5) is 5.69 Å². The van der Waals surface area contributed by atoms with Gasteiger partial charge in [0, 0.05) is 11.7 Å². The lowest BCUT2D eigenvalue weighted by molar-refractivity contribution is -0.115. The highest BCUT2D eigenvalue weighted by Gasteiger charge is 2.54. The van der Waals surface area contributed by atoms with E-state index in [1.807, 2.05) is 0 Å². The summed E-state index contributed by atoms with van der Waals surface area (Å²) >= 11 is 0. The Bertz CT molecular complexity index is 691. The number of amides is 1. The summed E-state index contributed by atoms with van der Waals surface area (Å²) in [5, 5.41) is 5.93. The second-order valence-corrected chi connectivity index (χ2v) is 7.39. The summed E-state index contributed by atoms with van der Waals surface area (Å²) in [5.74, 6) is 0.773. The van der Waals surface area contributed by atoms with Crippen LogP contribution in [-0.2, 0) is 21.2 Å². The van der Waals surface area contributed by atoms with Gasteiger partial charge in [-0.2, -0.15) is 0 Å². The number of benzene rings is 1. The van der Waals surface area contributed by atoms with E-state index in [-0.39, 0.29) is 23.3 Å². The van der Waals surface area contributed by atoms with E-state index in [4.69, 9.17) is 0 Å². The van der Waals surface area contributed by atoms with Gasteiger partial charge in [0.05, 0.1) is 11.3 Å². The van der Waals surface area contributed by atoms with Crippen molar-refractivity contribution in [1.29, 1.82) is 0 Å². The van der Waals surface area contributed by atoms with E-state index in [1.54, 1.807) is 18.2 Å². The SMILES string of the molecule is O=C1Cc2cc(S(=O)(=O)NC3C4CNCC43)ccc2N1. The minimum absolute atomic E-state index is 0.0641. The average Bonchev–Trinajstić information content (AvgIpc) is 2.81. The van der Waals surface area contributed by atoms with Gasteiger partial charge in [-0.25, -0.2) is 13.1 Å². The van der Waals surface area contributed by atoms with Crippen molar-refractivity contribution in [2.45, 2.75) is 17.4 Å². The maximum Gasteiger partial charge on any atom is 0.240 e. The van der Waals surface area contributed by atoms with Crippen LogP contribution < -0.4 is 15.4 Å². The Morgan fingerprint density at radius 3 is 2.70 bits per heavy atom. The van der Waals surface area contributed by atoms with Gasteiger partial charge in [-0.1, -0.05) is 0 Å². The third kappa shape index (κ3) is 1.85. The summed E-state index contributed by atoms with van der Waals surface area (Å²) in [6.07, 6.45) is 0.247. The molecule has 2 aliphatic heterocycles. The van der Waals surface area contributed by atoms with Crippen LogP contribution in [0.25, 0.3) is 0 Å². The van der Waals surface area contributed by atoms with Crippen LogP contribution in [-0.4, -0.2) is 33.5 Å². The number of sulfonamides is 1. The third-order valence-corrected chi connectivity index (χ3v) is 5.85. The zero-order chi connectivity index (χ0) is 13.9. The molecule has 6 nitrogen and oxygen atoms in total. The molecule has 2 heterocycles. The Balaban J connectivity index is 1.57. The number of nitrogens with one attached hydrogen (secondary N) is 3. The number of hydrogen-bond acceptors (Lipinski definition) is 4. The number of piperidine rings is 1. The van der Waals surface area contributed by atoms with Crippen LogP contribution in [0.15, 0.2) is 23.1 Å².